The lowest BCUT2D eigenvalue weighted by atomic mass is 10.1. The van der Waals surface area contributed by atoms with Gasteiger partial charge in [0.25, 0.3) is 5.92 Å². The molecule has 0 radical (unpaired) electrons. The van der Waals surface area contributed by atoms with Crippen LogP contribution in [0.2, 0.25) is 0 Å². The molecule has 8 heteroatoms. The molecule has 2 heterocycles. The van der Waals surface area contributed by atoms with Crippen LogP contribution in [0.15, 0.2) is 40.8 Å². The van der Waals surface area contributed by atoms with E-state index in [0.29, 0.717) is 0 Å². The molecule has 1 fully saturated rings. The van der Waals surface area contributed by atoms with Crippen LogP contribution in [0.3, 0.4) is 0 Å². The van der Waals surface area contributed by atoms with Crippen LogP contribution in [-0.4, -0.2) is 52.4 Å². The Morgan fingerprint density at radius 2 is 2.15 bits per heavy atom. The number of nitriles is 1. The summed E-state index contributed by atoms with van der Waals surface area (Å²) in [6.45, 7) is -0.666. The van der Waals surface area contributed by atoms with Gasteiger partial charge in [0.15, 0.2) is 0 Å². The van der Waals surface area contributed by atoms with Crippen molar-refractivity contribution in [2.24, 2.45) is 0 Å². The molecule has 1 aromatic carbocycles. The van der Waals surface area contributed by atoms with Crippen LogP contribution in [0.1, 0.15) is 12.0 Å². The number of carbonyl (C=O) groups excluding carboxylic acids is 1. The van der Waals surface area contributed by atoms with Crippen LogP contribution in [-0.2, 0) is 11.2 Å². The average Bonchev–Trinajstić information content (AvgIpc) is 3.18. The lowest BCUT2D eigenvalue weighted by Gasteiger charge is -2.27. The highest BCUT2D eigenvalue weighted by atomic mass is 32.2. The summed E-state index contributed by atoms with van der Waals surface area (Å²) in [5, 5.41) is 11.0. The smallest absolute Gasteiger partial charge is 0.268 e. The van der Waals surface area contributed by atoms with E-state index in [1.807, 2.05) is 28.8 Å². The highest BCUT2D eigenvalue weighted by molar-refractivity contribution is 8.02. The van der Waals surface area contributed by atoms with Crippen molar-refractivity contribution in [1.82, 2.24) is 9.80 Å². The molecule has 0 aromatic heterocycles. The Morgan fingerprint density at radius 3 is 2.81 bits per heavy atom. The zero-order chi connectivity index (χ0) is 18.7. The van der Waals surface area contributed by atoms with Gasteiger partial charge in [-0.15, -0.1) is 23.5 Å². The van der Waals surface area contributed by atoms with Gasteiger partial charge in [-0.25, -0.2) is 8.78 Å². The molecule has 0 saturated carbocycles. The summed E-state index contributed by atoms with van der Waals surface area (Å²) < 4.78 is 27.1. The standard InChI is InChI=1S/C18H19F2N3OS2/c1-25-15-4-2-13(3-5-15)8-17-22(6-7-26-17)11-16(24)23-12-18(19,20)9-14(23)10-21/h2-7,14,17H,8-9,11-12H2,1H3/t14?,17-/m0/s1. The van der Waals surface area contributed by atoms with Gasteiger partial charge in [0.05, 0.1) is 24.5 Å². The number of alkyl halides is 2. The number of rotatable bonds is 5. The van der Waals surface area contributed by atoms with Gasteiger partial charge in [-0.1, -0.05) is 12.1 Å². The van der Waals surface area contributed by atoms with E-state index in [9.17, 15) is 13.6 Å². The molecule has 1 amide bonds. The second-order valence-corrected chi connectivity index (χ2v) is 8.30. The van der Waals surface area contributed by atoms with Crippen LogP contribution in [0.5, 0.6) is 0 Å². The minimum atomic E-state index is -2.98. The highest BCUT2D eigenvalue weighted by Gasteiger charge is 2.47. The van der Waals surface area contributed by atoms with Crippen molar-refractivity contribution < 1.29 is 13.6 Å². The van der Waals surface area contributed by atoms with E-state index < -0.39 is 30.8 Å². The van der Waals surface area contributed by atoms with Crippen molar-refractivity contribution in [2.75, 3.05) is 19.3 Å². The van der Waals surface area contributed by atoms with Crippen molar-refractivity contribution in [3.63, 3.8) is 0 Å². The summed E-state index contributed by atoms with van der Waals surface area (Å²) in [6.07, 6.45) is 4.01. The molecule has 0 aliphatic carbocycles. The first-order chi connectivity index (χ1) is 12.4. The lowest BCUT2D eigenvalue weighted by molar-refractivity contribution is -0.133. The summed E-state index contributed by atoms with van der Waals surface area (Å²) >= 11 is 3.28. The van der Waals surface area contributed by atoms with Crippen molar-refractivity contribution in [3.8, 4) is 6.07 Å². The maximum Gasteiger partial charge on any atom is 0.268 e. The predicted octanol–water partition coefficient (Wildman–Crippen LogP) is 3.56. The summed E-state index contributed by atoms with van der Waals surface area (Å²) in [5.41, 5.74) is 1.16. The third-order valence-corrected chi connectivity index (χ3v) is 6.26. The predicted molar refractivity (Wildman–Crippen MR) is 99.8 cm³/mol. The van der Waals surface area contributed by atoms with E-state index >= 15 is 0 Å². The third-order valence-electron chi connectivity index (χ3n) is 4.48. The van der Waals surface area contributed by atoms with Crippen LogP contribution in [0.4, 0.5) is 8.78 Å². The topological polar surface area (TPSA) is 47.3 Å². The number of carbonyl (C=O) groups is 1. The number of benzene rings is 1. The van der Waals surface area contributed by atoms with Gasteiger partial charge in [-0.05, 0) is 29.4 Å². The van der Waals surface area contributed by atoms with Gasteiger partial charge < -0.3 is 9.80 Å². The van der Waals surface area contributed by atoms with Crippen LogP contribution < -0.4 is 0 Å². The molecule has 4 nitrogen and oxygen atoms in total. The monoisotopic (exact) mass is 395 g/mol. The van der Waals surface area contributed by atoms with Crippen LogP contribution in [0, 0.1) is 11.3 Å². The van der Waals surface area contributed by atoms with Crippen LogP contribution >= 0.6 is 23.5 Å². The SMILES string of the molecule is CSc1ccc(C[C@@H]2SC=CN2CC(=O)N2CC(F)(F)CC2C#N)cc1. The second-order valence-electron chi connectivity index (χ2n) is 6.33. The minimum Gasteiger partial charge on any atom is -0.355 e. The number of thioether (sulfide) groups is 2. The van der Waals surface area contributed by atoms with E-state index in [4.69, 9.17) is 5.26 Å². The van der Waals surface area contributed by atoms with E-state index in [-0.39, 0.29) is 11.9 Å². The number of nitrogens with zero attached hydrogens (tertiary/aromatic N) is 3. The van der Waals surface area contributed by atoms with E-state index in [2.05, 4.69) is 24.3 Å². The molecule has 1 aromatic rings. The van der Waals surface area contributed by atoms with Crippen LogP contribution in [0.25, 0.3) is 0 Å². The quantitative estimate of drug-likeness (QED) is 0.714. The molecule has 26 heavy (non-hydrogen) atoms. The van der Waals surface area contributed by atoms with E-state index in [1.54, 1.807) is 23.5 Å². The fraction of sp³-hybridized carbons (Fsp3) is 0.444. The minimum absolute atomic E-state index is 0.00528. The molecular formula is C18H19F2N3OS2. The average molecular weight is 396 g/mol. The molecule has 0 spiro atoms. The summed E-state index contributed by atoms with van der Waals surface area (Å²) in [7, 11) is 0. The Labute approximate surface area is 160 Å². The maximum atomic E-state index is 13.6. The zero-order valence-electron chi connectivity index (χ0n) is 14.3. The Balaban J connectivity index is 1.62. The van der Waals surface area contributed by atoms with Crippen molar-refractivity contribution in [1.29, 1.82) is 5.26 Å². The molecule has 138 valence electrons. The number of hydrogen-bond donors (Lipinski definition) is 0. The molecule has 1 unspecified atom stereocenters. The van der Waals surface area contributed by atoms with Gasteiger partial charge in [0, 0.05) is 23.9 Å². The molecule has 1 saturated heterocycles. The Morgan fingerprint density at radius 1 is 1.42 bits per heavy atom. The Hall–Kier alpha value is -1.72. The van der Waals surface area contributed by atoms with Gasteiger partial charge in [0.1, 0.15) is 6.04 Å². The first kappa shape index (κ1) is 19.1. The van der Waals surface area contributed by atoms with Crippen molar-refractivity contribution in [2.45, 2.75) is 35.1 Å². The van der Waals surface area contributed by atoms with E-state index in [0.717, 1.165) is 16.9 Å². The summed E-state index contributed by atoms with van der Waals surface area (Å²) in [4.78, 5) is 16.6. The molecule has 2 aliphatic heterocycles. The number of likely N-dealkylation sites (tertiary alicyclic amines) is 1. The zero-order valence-corrected chi connectivity index (χ0v) is 15.9. The fourth-order valence-corrected chi connectivity index (χ4v) is 4.51. The summed E-state index contributed by atoms with van der Waals surface area (Å²) in [6, 6.07) is 9.03. The highest BCUT2D eigenvalue weighted by Crippen LogP contribution is 2.33. The first-order valence-corrected chi connectivity index (χ1v) is 10.4. The largest absolute Gasteiger partial charge is 0.355 e. The third kappa shape index (κ3) is 4.33. The lowest BCUT2D eigenvalue weighted by Crippen LogP contribution is -2.43. The summed E-state index contributed by atoms with van der Waals surface area (Å²) in [5.74, 6) is -3.41. The van der Waals surface area contributed by atoms with Gasteiger partial charge >= 0.3 is 0 Å². The first-order valence-electron chi connectivity index (χ1n) is 8.19. The van der Waals surface area contributed by atoms with Gasteiger partial charge in [0.2, 0.25) is 5.91 Å². The van der Waals surface area contributed by atoms with Gasteiger partial charge in [-0.2, -0.15) is 5.26 Å². The Bertz CT molecular complexity index is 733. The molecule has 2 atom stereocenters. The maximum absolute atomic E-state index is 13.6. The van der Waals surface area contributed by atoms with Gasteiger partial charge in [-0.3, -0.25) is 4.79 Å². The molecule has 2 aliphatic rings. The molecule has 0 bridgehead atoms. The number of halogens is 2. The second kappa shape index (κ2) is 7.89. The number of amides is 1. The molecule has 0 N–H and O–H groups in total. The molecule has 3 rings (SSSR count). The molecular weight excluding hydrogens is 376 g/mol. The number of hydrogen-bond acceptors (Lipinski definition) is 5. The van der Waals surface area contributed by atoms with Crippen molar-refractivity contribution in [3.05, 3.63) is 41.4 Å². The fourth-order valence-electron chi connectivity index (χ4n) is 3.10. The van der Waals surface area contributed by atoms with E-state index in [1.165, 1.54) is 4.90 Å². The normalized spacial score (nSPS) is 24.1. The Kier molecular flexibility index (Phi) is 5.78. The van der Waals surface area contributed by atoms with Crippen molar-refractivity contribution >= 4 is 29.4 Å².